The normalized spacial score (nSPS) is 14.6. The van der Waals surface area contributed by atoms with Crippen LogP contribution in [-0.2, 0) is 38.5 Å². The number of nitrogens with one attached hydrogen (secondary N) is 2. The first-order valence-electron chi connectivity index (χ1n) is 23.2. The van der Waals surface area contributed by atoms with Crippen molar-refractivity contribution in [2.75, 3.05) is 19.7 Å². The molecule has 2 saturated carbocycles. The summed E-state index contributed by atoms with van der Waals surface area (Å²) in [5.41, 5.74) is 21.6. The van der Waals surface area contributed by atoms with Crippen molar-refractivity contribution in [3.05, 3.63) is 152 Å². The van der Waals surface area contributed by atoms with Crippen molar-refractivity contribution >= 4 is 80.6 Å². The minimum atomic E-state index is -0.747. The Hall–Kier alpha value is -7.15. The van der Waals surface area contributed by atoms with Crippen molar-refractivity contribution in [3.63, 3.8) is 0 Å². The lowest BCUT2D eigenvalue weighted by molar-refractivity contribution is -0.136. The van der Waals surface area contributed by atoms with E-state index in [9.17, 15) is 37.5 Å². The predicted molar refractivity (Wildman–Crippen MR) is 269 cm³/mol. The Morgan fingerprint density at radius 1 is 0.792 bits per heavy atom. The van der Waals surface area contributed by atoms with Gasteiger partial charge < -0.3 is 31.7 Å². The topological polar surface area (TPSA) is 250 Å². The van der Waals surface area contributed by atoms with E-state index in [0.717, 1.165) is 42.2 Å². The number of aryl methyl sites for hydroxylation is 1. The fourth-order valence-electron chi connectivity index (χ4n) is 7.75. The van der Waals surface area contributed by atoms with Crippen LogP contribution in [0.5, 0.6) is 0 Å². The number of amides is 5. The van der Waals surface area contributed by atoms with E-state index in [4.69, 9.17) is 44.9 Å². The summed E-state index contributed by atoms with van der Waals surface area (Å²) in [5, 5.41) is 10.2. The molecule has 21 heteroatoms. The smallest absolute Gasteiger partial charge is 0.323 e. The Morgan fingerprint density at radius 2 is 1.39 bits per heavy atom. The highest BCUT2D eigenvalue weighted by Crippen LogP contribution is 2.29. The maximum atomic E-state index is 14.0. The molecule has 3 heterocycles. The molecule has 1 aliphatic heterocycles. The van der Waals surface area contributed by atoms with Crippen LogP contribution in [0.3, 0.4) is 0 Å². The van der Waals surface area contributed by atoms with E-state index in [1.165, 1.54) is 35.7 Å². The summed E-state index contributed by atoms with van der Waals surface area (Å²) in [6.45, 7) is 3.35. The second-order valence-electron chi connectivity index (χ2n) is 17.3. The molecule has 378 valence electrons. The number of azide groups is 1. The van der Waals surface area contributed by atoms with Gasteiger partial charge >= 0.3 is 12.1 Å². The molecule has 3 fully saturated rings. The molecule has 5 amide bonds. The summed E-state index contributed by atoms with van der Waals surface area (Å²) < 4.78 is 35.1. The van der Waals surface area contributed by atoms with Crippen LogP contribution < -0.4 is 22.1 Å². The molecule has 0 spiro atoms. The molecule has 2 aromatic heterocycles. The van der Waals surface area contributed by atoms with E-state index in [1.807, 2.05) is 12.1 Å². The number of nitrogens with two attached hydrogens (primary N) is 2. The largest absolute Gasteiger partial charge is 0.379 e. The third-order valence-electron chi connectivity index (χ3n) is 11.8. The molecule has 9 rings (SSSR count). The van der Waals surface area contributed by atoms with Crippen molar-refractivity contribution in [2.24, 2.45) is 16.6 Å². The van der Waals surface area contributed by atoms with E-state index in [1.54, 1.807) is 71.8 Å². The number of Topliss-reactive ketones (excluding diaryl/α,β-unsaturated/α-hetero) is 1. The Labute approximate surface area is 423 Å². The number of benzene rings is 4. The van der Waals surface area contributed by atoms with Gasteiger partial charge in [-0.3, -0.25) is 28.3 Å². The van der Waals surface area contributed by atoms with Gasteiger partial charge in [0, 0.05) is 65.3 Å². The van der Waals surface area contributed by atoms with Gasteiger partial charge in [0.15, 0.2) is 0 Å². The number of nitrogens with zero attached hydrogens (tertiary/aromatic N) is 6. The highest BCUT2D eigenvalue weighted by molar-refractivity contribution is 6.31. The van der Waals surface area contributed by atoms with Gasteiger partial charge in [0.1, 0.15) is 17.4 Å². The van der Waals surface area contributed by atoms with Crippen LogP contribution in [0.25, 0.3) is 32.2 Å². The zero-order valence-corrected chi connectivity index (χ0v) is 40.9. The average molecular weight is 1030 g/mol. The molecule has 3 aliphatic rings. The number of primary amides is 2. The van der Waals surface area contributed by atoms with Gasteiger partial charge in [0.25, 0.3) is 5.91 Å². The Morgan fingerprint density at radius 3 is 1.96 bits per heavy atom. The summed E-state index contributed by atoms with van der Waals surface area (Å²) in [6, 6.07) is 22.6. The Bertz CT molecular complexity index is 3000. The van der Waals surface area contributed by atoms with Gasteiger partial charge in [-0.2, -0.15) is 0 Å². The summed E-state index contributed by atoms with van der Waals surface area (Å²) in [5.74, 6) is -2.21. The monoisotopic (exact) mass is 1030 g/mol. The van der Waals surface area contributed by atoms with E-state index in [0.29, 0.717) is 59.1 Å². The summed E-state index contributed by atoms with van der Waals surface area (Å²) in [7, 11) is 0. The number of rotatable bonds is 14. The highest BCUT2D eigenvalue weighted by atomic mass is 35.5. The molecule has 1 saturated heterocycles. The lowest BCUT2D eigenvalue weighted by Crippen LogP contribution is -2.42. The summed E-state index contributed by atoms with van der Waals surface area (Å²) >= 11 is 11.4. The molecule has 6 N–H and O–H groups in total. The van der Waals surface area contributed by atoms with Crippen LogP contribution in [0.4, 0.5) is 18.4 Å². The molecular weight excluding hydrogens is 974 g/mol. The van der Waals surface area contributed by atoms with Crippen molar-refractivity contribution < 1.29 is 42.3 Å². The third kappa shape index (κ3) is 15.2. The zero-order valence-electron chi connectivity index (χ0n) is 39.4. The summed E-state index contributed by atoms with van der Waals surface area (Å²) in [4.78, 5) is 75.5. The number of ketones is 1. The standard InChI is InChI=1S/C23H22ClFN4O3.C13H15ClFNO.C10H7N5O2.C5H10O/c24-18-6-3-4-14(22(18)25)11-27-20(30)13-28(16-8-9-16)21(31)10-15-12-29(23(26)32)19-7-2-1-5-17(15)19;14-12-3-1-2-9(13(12)15)4-7-11(17)8-16-10-5-6-10;11-10(17)15-5-7(9(16)13-14-12)6-3-1-2-4-8(6)15;1-5-3-2-4-6-5/h1-7,12,16H,8-11,13H2,(H2,26,32)(H,27,30);1-3,10,16H,4-8H2;1-5H,(H2,11,17);5H,2-4H2,1H3. The van der Waals surface area contributed by atoms with Crippen LogP contribution in [-0.4, -0.2) is 87.5 Å². The first kappa shape index (κ1) is 54.2. The van der Waals surface area contributed by atoms with E-state index in [2.05, 4.69) is 27.6 Å². The number of fused-ring (bicyclic) bond motifs is 2. The number of para-hydroxylation sites is 2. The molecule has 72 heavy (non-hydrogen) atoms. The van der Waals surface area contributed by atoms with Crippen molar-refractivity contribution in [3.8, 4) is 0 Å². The minimum absolute atomic E-state index is 0.000598. The van der Waals surface area contributed by atoms with Gasteiger partial charge in [-0.1, -0.05) is 83.9 Å². The number of carbonyl (C=O) groups excluding carboxylic acids is 6. The zero-order chi connectivity index (χ0) is 51.9. The Balaban J connectivity index is 0.000000178. The maximum absolute atomic E-state index is 14.0. The molecule has 4 aromatic carbocycles. The molecule has 1 unspecified atom stereocenters. The molecule has 6 aromatic rings. The molecule has 1 atom stereocenters. The molecular formula is C51H54Cl2F2N10O7. The lowest BCUT2D eigenvalue weighted by atomic mass is 10.1. The summed E-state index contributed by atoms with van der Waals surface area (Å²) in [6.07, 6.45) is 10.7. The number of aromatic nitrogens is 2. The first-order valence-corrected chi connectivity index (χ1v) is 24.0. The molecule has 0 radical (unpaired) electrons. The van der Waals surface area contributed by atoms with Crippen LogP contribution in [0.15, 0.2) is 102 Å². The van der Waals surface area contributed by atoms with Gasteiger partial charge in [0.2, 0.25) is 11.8 Å². The second-order valence-corrected chi connectivity index (χ2v) is 18.1. The number of carbonyl (C=O) groups is 6. The number of hydrogen-bond acceptors (Lipinski definition) is 8. The van der Waals surface area contributed by atoms with Crippen molar-refractivity contribution in [1.82, 2.24) is 24.7 Å². The minimum Gasteiger partial charge on any atom is -0.379 e. The number of ether oxygens (including phenoxy) is 1. The highest BCUT2D eigenvalue weighted by Gasteiger charge is 2.34. The van der Waals surface area contributed by atoms with Crippen LogP contribution in [0, 0.1) is 11.6 Å². The number of halogens is 4. The van der Waals surface area contributed by atoms with Gasteiger partial charge in [-0.25, -0.2) is 18.4 Å². The van der Waals surface area contributed by atoms with Crippen LogP contribution >= 0.6 is 23.2 Å². The van der Waals surface area contributed by atoms with E-state index >= 15 is 0 Å². The SMILES string of the molecule is CC1CCCO1.NC(=O)n1cc(CC(=O)N(CC(=O)NCc2cccc(Cl)c2F)C2CC2)c2ccccc21.O=C(CCc1cccc(Cl)c1F)CNC1CC1.[N-]=[N+]=NC(=O)c1cn(C(N)=O)c2ccccc12. The quantitative estimate of drug-likeness (QED) is 0.0464. The maximum Gasteiger partial charge on any atom is 0.323 e. The second kappa shape index (κ2) is 25.8. The van der Waals surface area contributed by atoms with Crippen molar-refractivity contribution in [2.45, 2.75) is 89.4 Å². The lowest BCUT2D eigenvalue weighted by Gasteiger charge is -2.22. The number of hydrogen-bond donors (Lipinski definition) is 4. The fraction of sp³-hybridized carbons (Fsp3) is 0.333. The van der Waals surface area contributed by atoms with Gasteiger partial charge in [-0.05, 0) is 97.9 Å². The van der Waals surface area contributed by atoms with E-state index in [-0.39, 0.29) is 64.3 Å². The van der Waals surface area contributed by atoms with Gasteiger partial charge in [-0.15, -0.1) is 0 Å². The van der Waals surface area contributed by atoms with Crippen LogP contribution in [0.1, 0.15) is 78.9 Å². The van der Waals surface area contributed by atoms with E-state index < -0.39 is 29.6 Å². The molecule has 2 aliphatic carbocycles. The Kier molecular flexibility index (Phi) is 19.4. The third-order valence-corrected chi connectivity index (χ3v) is 12.4. The first-order chi connectivity index (χ1) is 34.6. The van der Waals surface area contributed by atoms with Gasteiger partial charge in [0.05, 0.1) is 52.3 Å². The fourth-order valence-corrected chi connectivity index (χ4v) is 8.14. The van der Waals surface area contributed by atoms with Crippen LogP contribution in [0.2, 0.25) is 10.0 Å². The molecule has 0 bridgehead atoms. The molecule has 17 nitrogen and oxygen atoms in total. The predicted octanol–water partition coefficient (Wildman–Crippen LogP) is 9.15. The average Bonchev–Trinajstić information content (AvgIpc) is 4.27. The van der Waals surface area contributed by atoms with Crippen molar-refractivity contribution in [1.29, 1.82) is 0 Å².